The Morgan fingerprint density at radius 1 is 1.25 bits per heavy atom. The van der Waals surface area contributed by atoms with Gasteiger partial charge >= 0.3 is 0 Å². The molecule has 1 unspecified atom stereocenters. The third-order valence-electron chi connectivity index (χ3n) is 1.60. The predicted octanol–water partition coefficient (Wildman–Crippen LogP) is 1.85. The van der Waals surface area contributed by atoms with Gasteiger partial charge in [0.1, 0.15) is 0 Å². The van der Waals surface area contributed by atoms with Crippen molar-refractivity contribution in [3.05, 3.63) is 0 Å². The molecular formula is C8H13Br2O2-. The normalized spacial score (nSPS) is 12.8. The van der Waals surface area contributed by atoms with Crippen LogP contribution in [0, 0.1) is 0 Å². The van der Waals surface area contributed by atoms with E-state index in [0.717, 1.165) is 31.0 Å². The third-order valence-corrected chi connectivity index (χ3v) is 2.99. The number of carboxylic acid groups (broad SMARTS) is 1. The SMILES string of the molecule is O=C([O-])C(Br)CCCCCCBr. The number of alkyl halides is 2. The Morgan fingerprint density at radius 3 is 2.33 bits per heavy atom. The van der Waals surface area contributed by atoms with Crippen LogP contribution in [0.5, 0.6) is 0 Å². The second-order valence-electron chi connectivity index (χ2n) is 2.68. The molecular weight excluding hydrogens is 288 g/mol. The van der Waals surface area contributed by atoms with E-state index in [1.54, 1.807) is 0 Å². The molecule has 0 heterocycles. The van der Waals surface area contributed by atoms with E-state index < -0.39 is 10.8 Å². The molecule has 0 spiro atoms. The third kappa shape index (κ3) is 7.10. The zero-order chi connectivity index (χ0) is 9.40. The highest BCUT2D eigenvalue weighted by molar-refractivity contribution is 9.10. The smallest absolute Gasteiger partial charge is 0.0551 e. The lowest BCUT2D eigenvalue weighted by Gasteiger charge is -2.09. The fraction of sp³-hybridized carbons (Fsp3) is 0.875. The van der Waals surface area contributed by atoms with Crippen LogP contribution in [0.4, 0.5) is 0 Å². The average Bonchev–Trinajstić information content (AvgIpc) is 2.03. The summed E-state index contributed by atoms with van der Waals surface area (Å²) in [6, 6.07) is 0. The highest BCUT2D eigenvalue weighted by Gasteiger charge is 2.03. The van der Waals surface area contributed by atoms with Crippen LogP contribution in [0.25, 0.3) is 0 Å². The number of unbranched alkanes of at least 4 members (excludes halogenated alkanes) is 3. The standard InChI is InChI=1S/C8H14Br2O2/c9-6-4-2-1-3-5-7(10)8(11)12/h7H,1-6H2,(H,11,12)/p-1. The molecule has 0 saturated heterocycles. The molecule has 0 amide bonds. The highest BCUT2D eigenvalue weighted by Crippen LogP contribution is 2.11. The molecule has 0 aromatic rings. The van der Waals surface area contributed by atoms with Crippen molar-refractivity contribution in [1.29, 1.82) is 0 Å². The fourth-order valence-corrected chi connectivity index (χ4v) is 1.61. The zero-order valence-corrected chi connectivity index (χ0v) is 10.1. The van der Waals surface area contributed by atoms with Gasteiger partial charge in [0.15, 0.2) is 0 Å². The lowest BCUT2D eigenvalue weighted by Crippen LogP contribution is -2.31. The first-order chi connectivity index (χ1) is 5.68. The number of carbonyl (C=O) groups is 1. The monoisotopic (exact) mass is 299 g/mol. The summed E-state index contributed by atoms with van der Waals surface area (Å²) in [5.74, 6) is -1.00. The number of rotatable bonds is 7. The summed E-state index contributed by atoms with van der Waals surface area (Å²) >= 11 is 6.38. The van der Waals surface area contributed by atoms with Crippen LogP contribution >= 0.6 is 31.9 Å². The van der Waals surface area contributed by atoms with Gasteiger partial charge < -0.3 is 9.90 Å². The first kappa shape index (κ1) is 12.4. The van der Waals surface area contributed by atoms with Gasteiger partial charge in [-0.2, -0.15) is 0 Å². The Balaban J connectivity index is 3.14. The summed E-state index contributed by atoms with van der Waals surface area (Å²) in [5.41, 5.74) is 0. The summed E-state index contributed by atoms with van der Waals surface area (Å²) in [5, 5.41) is 11.3. The first-order valence-corrected chi connectivity index (χ1v) is 6.13. The van der Waals surface area contributed by atoms with Gasteiger partial charge in [0.05, 0.1) is 10.8 Å². The number of carboxylic acids is 1. The first-order valence-electron chi connectivity index (χ1n) is 4.09. The minimum atomic E-state index is -1.00. The molecule has 0 N–H and O–H groups in total. The minimum Gasteiger partial charge on any atom is -0.549 e. The van der Waals surface area contributed by atoms with Crippen LogP contribution in [-0.4, -0.2) is 16.1 Å². The predicted molar refractivity (Wildman–Crippen MR) is 54.6 cm³/mol. The van der Waals surface area contributed by atoms with Crippen molar-refractivity contribution in [3.8, 4) is 0 Å². The molecule has 0 radical (unpaired) electrons. The molecule has 2 nitrogen and oxygen atoms in total. The molecule has 0 rings (SSSR count). The van der Waals surface area contributed by atoms with Crippen LogP contribution in [0.15, 0.2) is 0 Å². The Labute approximate surface area is 90.0 Å². The topological polar surface area (TPSA) is 40.1 Å². The minimum absolute atomic E-state index is 0.471. The fourth-order valence-electron chi connectivity index (χ4n) is 0.889. The van der Waals surface area contributed by atoms with E-state index in [2.05, 4.69) is 31.9 Å². The Hall–Kier alpha value is 0.430. The van der Waals surface area contributed by atoms with E-state index in [-0.39, 0.29) is 0 Å². The van der Waals surface area contributed by atoms with Gasteiger partial charge in [0.25, 0.3) is 0 Å². The van der Waals surface area contributed by atoms with Crippen LogP contribution < -0.4 is 5.11 Å². The van der Waals surface area contributed by atoms with Crippen molar-refractivity contribution in [2.24, 2.45) is 0 Å². The van der Waals surface area contributed by atoms with Crippen molar-refractivity contribution in [1.82, 2.24) is 0 Å². The van der Waals surface area contributed by atoms with Crippen molar-refractivity contribution < 1.29 is 9.90 Å². The van der Waals surface area contributed by atoms with Gasteiger partial charge in [0, 0.05) is 5.33 Å². The van der Waals surface area contributed by atoms with Crippen LogP contribution in [0.3, 0.4) is 0 Å². The van der Waals surface area contributed by atoms with Gasteiger partial charge in [-0.05, 0) is 12.8 Å². The summed E-state index contributed by atoms with van der Waals surface area (Å²) in [6.07, 6.45) is 5.05. The highest BCUT2D eigenvalue weighted by atomic mass is 79.9. The molecule has 4 heteroatoms. The molecule has 0 aliphatic heterocycles. The average molecular weight is 301 g/mol. The van der Waals surface area contributed by atoms with Crippen molar-refractivity contribution in [3.63, 3.8) is 0 Å². The van der Waals surface area contributed by atoms with Crippen molar-refractivity contribution in [2.75, 3.05) is 5.33 Å². The number of hydrogen-bond acceptors (Lipinski definition) is 2. The van der Waals surface area contributed by atoms with Crippen LogP contribution in [0.2, 0.25) is 0 Å². The second-order valence-corrected chi connectivity index (χ2v) is 4.58. The Kier molecular flexibility index (Phi) is 8.34. The summed E-state index contributed by atoms with van der Waals surface area (Å²) in [6.45, 7) is 0. The van der Waals surface area contributed by atoms with E-state index >= 15 is 0 Å². The number of hydrogen-bond donors (Lipinski definition) is 0. The zero-order valence-electron chi connectivity index (χ0n) is 6.89. The van der Waals surface area contributed by atoms with Gasteiger partial charge in [0.2, 0.25) is 0 Å². The number of carbonyl (C=O) groups excluding carboxylic acids is 1. The Bertz CT molecular complexity index is 128. The largest absolute Gasteiger partial charge is 0.549 e. The second kappa shape index (κ2) is 8.05. The molecule has 0 aromatic heterocycles. The van der Waals surface area contributed by atoms with Crippen molar-refractivity contribution >= 4 is 37.8 Å². The van der Waals surface area contributed by atoms with Crippen LogP contribution in [0.1, 0.15) is 32.1 Å². The number of aliphatic carboxylic acids is 1. The molecule has 72 valence electrons. The summed E-state index contributed by atoms with van der Waals surface area (Å²) in [7, 11) is 0. The van der Waals surface area contributed by atoms with E-state index in [1.165, 1.54) is 0 Å². The van der Waals surface area contributed by atoms with E-state index in [4.69, 9.17) is 0 Å². The molecule has 12 heavy (non-hydrogen) atoms. The molecule has 0 aromatic carbocycles. The Morgan fingerprint density at radius 2 is 1.83 bits per heavy atom. The maximum Gasteiger partial charge on any atom is 0.0551 e. The molecule has 1 atom stereocenters. The molecule has 0 bridgehead atoms. The maximum absolute atomic E-state index is 10.3. The molecule has 0 saturated carbocycles. The van der Waals surface area contributed by atoms with Gasteiger partial charge in [-0.25, -0.2) is 0 Å². The van der Waals surface area contributed by atoms with Gasteiger partial charge in [-0.1, -0.05) is 51.1 Å². The summed E-state index contributed by atoms with van der Waals surface area (Å²) < 4.78 is 0. The summed E-state index contributed by atoms with van der Waals surface area (Å²) in [4.78, 5) is 9.78. The van der Waals surface area contributed by atoms with Crippen LogP contribution in [-0.2, 0) is 4.79 Å². The molecule has 0 aliphatic carbocycles. The van der Waals surface area contributed by atoms with Gasteiger partial charge in [-0.15, -0.1) is 0 Å². The quantitative estimate of drug-likeness (QED) is 0.532. The molecule has 0 fully saturated rings. The number of halogens is 2. The van der Waals surface area contributed by atoms with E-state index in [9.17, 15) is 9.90 Å². The van der Waals surface area contributed by atoms with Crippen molar-refractivity contribution in [2.45, 2.75) is 36.9 Å². The maximum atomic E-state index is 10.3. The van der Waals surface area contributed by atoms with Gasteiger partial charge in [-0.3, -0.25) is 0 Å². The lowest BCUT2D eigenvalue weighted by molar-refractivity contribution is -0.304. The van der Waals surface area contributed by atoms with E-state index in [1.807, 2.05) is 0 Å². The molecule has 0 aliphatic rings. The van der Waals surface area contributed by atoms with E-state index in [0.29, 0.717) is 6.42 Å². The lowest BCUT2D eigenvalue weighted by atomic mass is 10.1.